The van der Waals surface area contributed by atoms with Crippen molar-refractivity contribution >= 4 is 34.2 Å². The molecule has 1 fully saturated rings. The summed E-state index contributed by atoms with van der Waals surface area (Å²) in [4.78, 5) is 24.0. The van der Waals surface area contributed by atoms with E-state index >= 15 is 0 Å². The normalized spacial score (nSPS) is 14.0. The first-order chi connectivity index (χ1) is 12.7. The third kappa shape index (κ3) is 3.48. The second-order valence-electron chi connectivity index (χ2n) is 6.36. The van der Waals surface area contributed by atoms with Gasteiger partial charge in [-0.05, 0) is 49.2 Å². The van der Waals surface area contributed by atoms with E-state index in [-0.39, 0.29) is 12.5 Å². The Labute approximate surface area is 157 Å². The summed E-state index contributed by atoms with van der Waals surface area (Å²) in [5.41, 5.74) is 1.47. The molecule has 1 aromatic heterocycles. The Morgan fingerprint density at radius 2 is 1.77 bits per heavy atom. The fourth-order valence-corrected chi connectivity index (χ4v) is 3.34. The second-order valence-corrected chi connectivity index (χ2v) is 6.80. The van der Waals surface area contributed by atoms with Crippen LogP contribution in [-0.4, -0.2) is 29.0 Å². The average molecular weight is 367 g/mol. The van der Waals surface area contributed by atoms with Gasteiger partial charge in [0, 0.05) is 29.1 Å². The predicted molar refractivity (Wildman–Crippen MR) is 104 cm³/mol. The molecule has 6 heteroatoms. The van der Waals surface area contributed by atoms with Crippen molar-refractivity contribution in [3.8, 4) is 0 Å². The van der Waals surface area contributed by atoms with Gasteiger partial charge in [0.25, 0.3) is 5.91 Å². The lowest BCUT2D eigenvalue weighted by atomic mass is 10.2. The number of anilines is 1. The molecule has 0 atom stereocenters. The lowest BCUT2D eigenvalue weighted by molar-refractivity contribution is 0.0950. The van der Waals surface area contributed by atoms with Crippen LogP contribution < -0.4 is 10.2 Å². The van der Waals surface area contributed by atoms with Gasteiger partial charge in [-0.3, -0.25) is 4.79 Å². The number of carbonyl (C=O) groups is 1. The number of amides is 1. The second kappa shape index (κ2) is 7.30. The summed E-state index contributed by atoms with van der Waals surface area (Å²) in [5.74, 6) is 1.41. The largest absolute Gasteiger partial charge is 0.356 e. The van der Waals surface area contributed by atoms with E-state index < -0.39 is 0 Å². The number of aromatic nitrogens is 2. The maximum Gasteiger partial charge on any atom is 0.251 e. The van der Waals surface area contributed by atoms with E-state index in [9.17, 15) is 4.79 Å². The van der Waals surface area contributed by atoms with Crippen LogP contribution in [0, 0.1) is 0 Å². The molecule has 0 unspecified atom stereocenters. The highest BCUT2D eigenvalue weighted by molar-refractivity contribution is 6.30. The van der Waals surface area contributed by atoms with E-state index in [0.29, 0.717) is 16.4 Å². The van der Waals surface area contributed by atoms with Crippen LogP contribution in [0.4, 0.5) is 5.82 Å². The van der Waals surface area contributed by atoms with Gasteiger partial charge in [0.2, 0.25) is 0 Å². The quantitative estimate of drug-likeness (QED) is 0.762. The highest BCUT2D eigenvalue weighted by Crippen LogP contribution is 2.26. The maximum absolute atomic E-state index is 12.3. The maximum atomic E-state index is 12.3. The van der Waals surface area contributed by atoms with E-state index in [4.69, 9.17) is 16.6 Å². The fourth-order valence-electron chi connectivity index (χ4n) is 3.22. The first-order valence-corrected chi connectivity index (χ1v) is 9.13. The molecule has 132 valence electrons. The van der Waals surface area contributed by atoms with Gasteiger partial charge in [0.1, 0.15) is 5.82 Å². The number of fused-ring (bicyclic) bond motifs is 1. The van der Waals surface area contributed by atoms with E-state index in [2.05, 4.69) is 21.3 Å². The highest BCUT2D eigenvalue weighted by Gasteiger charge is 2.18. The average Bonchev–Trinajstić information content (AvgIpc) is 3.20. The Morgan fingerprint density at radius 3 is 2.54 bits per heavy atom. The standard InChI is InChI=1S/C20H19ClN4O/c21-15-9-7-14(8-10-15)20(26)22-13-18-23-17-6-2-1-5-16(17)19(24-18)25-11-3-4-12-25/h1-2,5-10H,3-4,11-13H2,(H,22,26). The fraction of sp³-hybridized carbons (Fsp3) is 0.250. The minimum atomic E-state index is -0.166. The zero-order valence-corrected chi connectivity index (χ0v) is 15.0. The van der Waals surface area contributed by atoms with Crippen LogP contribution in [-0.2, 0) is 6.54 Å². The molecular weight excluding hydrogens is 348 g/mol. The van der Waals surface area contributed by atoms with Crippen molar-refractivity contribution in [3.63, 3.8) is 0 Å². The van der Waals surface area contributed by atoms with Crippen molar-refractivity contribution in [1.29, 1.82) is 0 Å². The van der Waals surface area contributed by atoms with Gasteiger partial charge in [-0.2, -0.15) is 0 Å². The highest BCUT2D eigenvalue weighted by atomic mass is 35.5. The summed E-state index contributed by atoms with van der Waals surface area (Å²) in [6.45, 7) is 2.31. The monoisotopic (exact) mass is 366 g/mol. The van der Waals surface area contributed by atoms with Crippen molar-refractivity contribution in [2.75, 3.05) is 18.0 Å². The first kappa shape index (κ1) is 16.8. The number of nitrogens with zero attached hydrogens (tertiary/aromatic N) is 3. The van der Waals surface area contributed by atoms with Gasteiger partial charge in [0.05, 0.1) is 12.1 Å². The van der Waals surface area contributed by atoms with Crippen LogP contribution in [0.3, 0.4) is 0 Å². The SMILES string of the molecule is O=C(NCc1nc(N2CCCC2)c2ccccc2n1)c1ccc(Cl)cc1. The minimum absolute atomic E-state index is 0.166. The molecule has 3 aromatic rings. The molecule has 0 saturated carbocycles. The summed E-state index contributed by atoms with van der Waals surface area (Å²) < 4.78 is 0. The zero-order chi connectivity index (χ0) is 17.9. The van der Waals surface area contributed by atoms with Crippen LogP contribution in [0.15, 0.2) is 48.5 Å². The van der Waals surface area contributed by atoms with Gasteiger partial charge >= 0.3 is 0 Å². The van der Waals surface area contributed by atoms with E-state index in [1.807, 2.05) is 18.2 Å². The molecule has 0 bridgehead atoms. The Balaban J connectivity index is 1.58. The van der Waals surface area contributed by atoms with Crippen molar-refractivity contribution in [2.45, 2.75) is 19.4 Å². The predicted octanol–water partition coefficient (Wildman–Crippen LogP) is 3.81. The summed E-state index contributed by atoms with van der Waals surface area (Å²) in [7, 11) is 0. The molecule has 1 aliphatic heterocycles. The zero-order valence-electron chi connectivity index (χ0n) is 14.3. The molecule has 5 nitrogen and oxygen atoms in total. The van der Waals surface area contributed by atoms with Crippen LogP contribution in [0.5, 0.6) is 0 Å². The van der Waals surface area contributed by atoms with Crippen LogP contribution >= 0.6 is 11.6 Å². The lowest BCUT2D eigenvalue weighted by Gasteiger charge is -2.19. The number of nitrogens with one attached hydrogen (secondary N) is 1. The topological polar surface area (TPSA) is 58.1 Å². The Kier molecular flexibility index (Phi) is 4.71. The minimum Gasteiger partial charge on any atom is -0.356 e. The molecule has 1 saturated heterocycles. The third-order valence-corrected chi connectivity index (χ3v) is 4.80. The summed E-state index contributed by atoms with van der Waals surface area (Å²) in [5, 5.41) is 4.56. The lowest BCUT2D eigenvalue weighted by Crippen LogP contribution is -2.25. The molecule has 26 heavy (non-hydrogen) atoms. The number of rotatable bonds is 4. The van der Waals surface area contributed by atoms with Crippen molar-refractivity contribution in [3.05, 3.63) is 64.9 Å². The van der Waals surface area contributed by atoms with Crippen LogP contribution in [0.25, 0.3) is 10.9 Å². The number of halogens is 1. The molecular formula is C20H19ClN4O. The Hall–Kier alpha value is -2.66. The van der Waals surface area contributed by atoms with Gasteiger partial charge in [-0.1, -0.05) is 23.7 Å². The molecule has 1 N–H and O–H groups in total. The Bertz CT molecular complexity index is 936. The van der Waals surface area contributed by atoms with Crippen LogP contribution in [0.2, 0.25) is 5.02 Å². The molecule has 0 radical (unpaired) electrons. The number of para-hydroxylation sites is 1. The first-order valence-electron chi connectivity index (χ1n) is 8.75. The summed E-state index contributed by atoms with van der Waals surface area (Å²) in [6, 6.07) is 14.8. The van der Waals surface area contributed by atoms with E-state index in [1.165, 1.54) is 12.8 Å². The van der Waals surface area contributed by atoms with E-state index in [1.54, 1.807) is 24.3 Å². The van der Waals surface area contributed by atoms with E-state index in [0.717, 1.165) is 29.8 Å². The molecule has 1 aliphatic rings. The molecule has 4 rings (SSSR count). The molecule has 1 amide bonds. The number of benzene rings is 2. The number of hydrogen-bond acceptors (Lipinski definition) is 4. The van der Waals surface area contributed by atoms with Crippen molar-refractivity contribution in [1.82, 2.24) is 15.3 Å². The molecule has 2 heterocycles. The summed E-state index contributed by atoms with van der Waals surface area (Å²) in [6.07, 6.45) is 2.36. The Morgan fingerprint density at radius 1 is 1.04 bits per heavy atom. The molecule has 0 spiro atoms. The van der Waals surface area contributed by atoms with Crippen molar-refractivity contribution < 1.29 is 4.79 Å². The molecule has 0 aliphatic carbocycles. The van der Waals surface area contributed by atoms with Gasteiger partial charge in [-0.25, -0.2) is 9.97 Å². The number of hydrogen-bond donors (Lipinski definition) is 1. The third-order valence-electron chi connectivity index (χ3n) is 4.55. The smallest absolute Gasteiger partial charge is 0.251 e. The van der Waals surface area contributed by atoms with Gasteiger partial charge in [-0.15, -0.1) is 0 Å². The summed E-state index contributed by atoms with van der Waals surface area (Å²) >= 11 is 5.87. The van der Waals surface area contributed by atoms with Crippen molar-refractivity contribution in [2.24, 2.45) is 0 Å². The van der Waals surface area contributed by atoms with Gasteiger partial charge in [0.15, 0.2) is 5.82 Å². The van der Waals surface area contributed by atoms with Gasteiger partial charge < -0.3 is 10.2 Å². The molecule has 2 aromatic carbocycles. The van der Waals surface area contributed by atoms with Crippen LogP contribution in [0.1, 0.15) is 29.0 Å². The number of carbonyl (C=O) groups excluding carboxylic acids is 1.